The van der Waals surface area contributed by atoms with Crippen LogP contribution in [0.25, 0.3) is 11.6 Å². The Morgan fingerprint density at radius 3 is 3.18 bits per heavy atom. The number of rotatable bonds is 2. The average molecular weight is 232 g/mol. The predicted molar refractivity (Wildman–Crippen MR) is 63.5 cm³/mol. The summed E-state index contributed by atoms with van der Waals surface area (Å²) in [6, 6.07) is 3.96. The molecule has 0 spiro atoms. The van der Waals surface area contributed by atoms with Crippen LogP contribution < -0.4 is 5.32 Å². The summed E-state index contributed by atoms with van der Waals surface area (Å²) >= 11 is 0. The van der Waals surface area contributed by atoms with Gasteiger partial charge in [0.2, 0.25) is 0 Å². The highest BCUT2D eigenvalue weighted by molar-refractivity contribution is 5.47. The van der Waals surface area contributed by atoms with Gasteiger partial charge in [-0.05, 0) is 31.5 Å². The van der Waals surface area contributed by atoms with E-state index in [-0.39, 0.29) is 0 Å². The van der Waals surface area contributed by atoms with Gasteiger partial charge in [0.25, 0.3) is 5.89 Å². The number of aromatic nitrogens is 3. The summed E-state index contributed by atoms with van der Waals surface area (Å²) in [7, 11) is 1.97. The Morgan fingerprint density at radius 2 is 2.47 bits per heavy atom. The van der Waals surface area contributed by atoms with E-state index in [0.29, 0.717) is 11.8 Å². The Balaban J connectivity index is 1.85. The fourth-order valence-corrected chi connectivity index (χ4v) is 2.26. The van der Waals surface area contributed by atoms with E-state index < -0.39 is 0 Å². The van der Waals surface area contributed by atoms with Crippen LogP contribution in [0.2, 0.25) is 0 Å². The topological polar surface area (TPSA) is 55.9 Å². The van der Waals surface area contributed by atoms with Crippen LogP contribution in [0.1, 0.15) is 24.6 Å². The molecule has 2 aromatic rings. The molecular formula is C12H16N4O. The summed E-state index contributed by atoms with van der Waals surface area (Å²) in [4.78, 5) is 4.50. The molecule has 1 unspecified atom stereocenters. The first kappa shape index (κ1) is 10.5. The molecule has 1 atom stereocenters. The SMILES string of the molecule is Cn1cccc1-c1nc(C2CCCNC2)no1. The molecule has 0 radical (unpaired) electrons. The van der Waals surface area contributed by atoms with Gasteiger partial charge in [0.15, 0.2) is 5.82 Å². The van der Waals surface area contributed by atoms with Crippen molar-refractivity contribution in [1.82, 2.24) is 20.0 Å². The molecule has 0 saturated carbocycles. The molecular weight excluding hydrogens is 216 g/mol. The van der Waals surface area contributed by atoms with Gasteiger partial charge in [0.1, 0.15) is 5.69 Å². The van der Waals surface area contributed by atoms with Crippen LogP contribution in [0.4, 0.5) is 0 Å². The monoisotopic (exact) mass is 232 g/mol. The predicted octanol–water partition coefficient (Wildman–Crippen LogP) is 1.54. The molecule has 1 N–H and O–H groups in total. The van der Waals surface area contributed by atoms with Gasteiger partial charge in [-0.1, -0.05) is 5.16 Å². The highest BCUT2D eigenvalue weighted by atomic mass is 16.5. The molecule has 3 rings (SSSR count). The van der Waals surface area contributed by atoms with Gasteiger partial charge in [0, 0.05) is 25.7 Å². The van der Waals surface area contributed by atoms with Crippen LogP contribution in [-0.4, -0.2) is 27.8 Å². The minimum atomic E-state index is 0.390. The number of piperidine rings is 1. The summed E-state index contributed by atoms with van der Waals surface area (Å²) in [6.45, 7) is 2.05. The molecule has 3 heterocycles. The first-order chi connectivity index (χ1) is 8.34. The van der Waals surface area contributed by atoms with E-state index in [1.54, 1.807) is 0 Å². The highest BCUT2D eigenvalue weighted by Gasteiger charge is 2.21. The second kappa shape index (κ2) is 4.33. The maximum Gasteiger partial charge on any atom is 0.274 e. The standard InChI is InChI=1S/C12H16N4O/c1-16-7-3-5-10(16)12-14-11(15-17-12)9-4-2-6-13-8-9/h3,5,7,9,13H,2,4,6,8H2,1H3. The van der Waals surface area contributed by atoms with E-state index in [1.165, 1.54) is 6.42 Å². The van der Waals surface area contributed by atoms with E-state index in [2.05, 4.69) is 15.5 Å². The molecule has 0 bridgehead atoms. The lowest BCUT2D eigenvalue weighted by Gasteiger charge is -2.19. The van der Waals surface area contributed by atoms with Crippen LogP contribution in [0.5, 0.6) is 0 Å². The number of aryl methyl sites for hydroxylation is 1. The molecule has 1 saturated heterocycles. The molecule has 0 aromatic carbocycles. The lowest BCUT2D eigenvalue weighted by atomic mass is 9.99. The number of nitrogens with zero attached hydrogens (tertiary/aromatic N) is 3. The first-order valence-corrected chi connectivity index (χ1v) is 6.00. The summed E-state index contributed by atoms with van der Waals surface area (Å²) in [5.41, 5.74) is 0.965. The Kier molecular flexibility index (Phi) is 2.68. The quantitative estimate of drug-likeness (QED) is 0.853. The lowest BCUT2D eigenvalue weighted by molar-refractivity contribution is 0.392. The van der Waals surface area contributed by atoms with Gasteiger partial charge in [-0.25, -0.2) is 0 Å². The smallest absolute Gasteiger partial charge is 0.274 e. The van der Waals surface area contributed by atoms with Crippen LogP contribution in [-0.2, 0) is 7.05 Å². The molecule has 2 aromatic heterocycles. The Bertz CT molecular complexity index is 496. The first-order valence-electron chi connectivity index (χ1n) is 6.00. The van der Waals surface area contributed by atoms with Crippen LogP contribution >= 0.6 is 0 Å². The molecule has 1 aliphatic rings. The van der Waals surface area contributed by atoms with Crippen molar-refractivity contribution in [2.24, 2.45) is 7.05 Å². The van der Waals surface area contributed by atoms with Gasteiger partial charge in [-0.2, -0.15) is 4.98 Å². The van der Waals surface area contributed by atoms with Crippen LogP contribution in [0, 0.1) is 0 Å². The second-order valence-electron chi connectivity index (χ2n) is 4.51. The lowest BCUT2D eigenvalue weighted by Crippen LogP contribution is -2.28. The third-order valence-corrected chi connectivity index (χ3v) is 3.27. The largest absolute Gasteiger partial charge is 0.347 e. The molecule has 1 fully saturated rings. The highest BCUT2D eigenvalue weighted by Crippen LogP contribution is 2.24. The summed E-state index contributed by atoms with van der Waals surface area (Å²) < 4.78 is 7.32. The van der Waals surface area contributed by atoms with Gasteiger partial charge in [-0.15, -0.1) is 0 Å². The zero-order valence-electron chi connectivity index (χ0n) is 9.89. The van der Waals surface area contributed by atoms with Crippen molar-refractivity contribution < 1.29 is 4.52 Å². The fourth-order valence-electron chi connectivity index (χ4n) is 2.26. The zero-order valence-corrected chi connectivity index (χ0v) is 9.89. The average Bonchev–Trinajstić information content (AvgIpc) is 2.98. The van der Waals surface area contributed by atoms with E-state index >= 15 is 0 Å². The second-order valence-corrected chi connectivity index (χ2v) is 4.51. The minimum absolute atomic E-state index is 0.390. The summed E-state index contributed by atoms with van der Waals surface area (Å²) in [5.74, 6) is 1.83. The molecule has 1 aliphatic heterocycles. The molecule has 0 amide bonds. The third kappa shape index (κ3) is 1.98. The van der Waals surface area contributed by atoms with Crippen molar-refractivity contribution in [3.63, 3.8) is 0 Å². The van der Waals surface area contributed by atoms with Crippen molar-refractivity contribution in [2.45, 2.75) is 18.8 Å². The summed E-state index contributed by atoms with van der Waals surface area (Å²) in [6.07, 6.45) is 4.29. The van der Waals surface area contributed by atoms with Gasteiger partial charge >= 0.3 is 0 Å². The Morgan fingerprint density at radius 1 is 1.53 bits per heavy atom. The van der Waals surface area contributed by atoms with E-state index in [4.69, 9.17) is 4.52 Å². The maximum absolute atomic E-state index is 5.33. The zero-order chi connectivity index (χ0) is 11.7. The van der Waals surface area contributed by atoms with Crippen molar-refractivity contribution in [2.75, 3.05) is 13.1 Å². The Hall–Kier alpha value is -1.62. The van der Waals surface area contributed by atoms with Gasteiger partial charge in [0.05, 0.1) is 0 Å². The van der Waals surface area contributed by atoms with E-state index in [0.717, 1.165) is 31.0 Å². The van der Waals surface area contributed by atoms with Crippen molar-refractivity contribution in [3.8, 4) is 11.6 Å². The van der Waals surface area contributed by atoms with Crippen molar-refractivity contribution in [3.05, 3.63) is 24.2 Å². The van der Waals surface area contributed by atoms with Crippen LogP contribution in [0.3, 0.4) is 0 Å². The maximum atomic E-state index is 5.33. The van der Waals surface area contributed by atoms with E-state index in [9.17, 15) is 0 Å². The fraction of sp³-hybridized carbons (Fsp3) is 0.500. The molecule has 5 nitrogen and oxygen atoms in total. The minimum Gasteiger partial charge on any atom is -0.347 e. The van der Waals surface area contributed by atoms with Gasteiger partial charge < -0.3 is 14.4 Å². The normalized spacial score (nSPS) is 20.6. The number of hydrogen-bond acceptors (Lipinski definition) is 4. The molecule has 17 heavy (non-hydrogen) atoms. The number of hydrogen-bond donors (Lipinski definition) is 1. The molecule has 5 heteroatoms. The van der Waals surface area contributed by atoms with E-state index in [1.807, 2.05) is 29.9 Å². The Labute approximate surface area is 99.8 Å². The van der Waals surface area contributed by atoms with Crippen LogP contribution in [0.15, 0.2) is 22.9 Å². The molecule has 0 aliphatic carbocycles. The van der Waals surface area contributed by atoms with Crippen molar-refractivity contribution in [1.29, 1.82) is 0 Å². The molecule has 90 valence electrons. The van der Waals surface area contributed by atoms with Crippen molar-refractivity contribution >= 4 is 0 Å². The van der Waals surface area contributed by atoms with Gasteiger partial charge in [-0.3, -0.25) is 0 Å². The summed E-state index contributed by atoms with van der Waals surface area (Å²) in [5, 5.41) is 7.46. The number of nitrogens with one attached hydrogen (secondary N) is 1. The third-order valence-electron chi connectivity index (χ3n) is 3.27.